The molecular weight excluding hydrogens is 332 g/mol. The minimum atomic E-state index is -0.117. The molecule has 0 saturated heterocycles. The van der Waals surface area contributed by atoms with E-state index in [2.05, 4.69) is 30.9 Å². The van der Waals surface area contributed by atoms with Gasteiger partial charge in [0.1, 0.15) is 6.33 Å². The normalized spacial score (nSPS) is 10.6. The van der Waals surface area contributed by atoms with Crippen LogP contribution in [-0.4, -0.2) is 40.9 Å². The maximum atomic E-state index is 12.2. The lowest BCUT2D eigenvalue weighted by Gasteiger charge is -2.07. The molecule has 4 aromatic rings. The van der Waals surface area contributed by atoms with E-state index in [9.17, 15) is 4.79 Å². The molecule has 0 aliphatic carbocycles. The summed E-state index contributed by atoms with van der Waals surface area (Å²) in [7, 11) is 0. The van der Waals surface area contributed by atoms with E-state index >= 15 is 0 Å². The van der Waals surface area contributed by atoms with Crippen LogP contribution in [0.15, 0.2) is 67.4 Å². The number of benzene rings is 1. The first-order valence-corrected chi connectivity index (χ1v) is 7.86. The van der Waals surface area contributed by atoms with Gasteiger partial charge in [0, 0.05) is 12.4 Å². The summed E-state index contributed by atoms with van der Waals surface area (Å²) in [5, 5.41) is 18.0. The molecule has 0 radical (unpaired) electrons. The van der Waals surface area contributed by atoms with Gasteiger partial charge >= 0.3 is 0 Å². The molecule has 0 saturated carbocycles. The minimum absolute atomic E-state index is 0.117. The minimum Gasteiger partial charge on any atom is -0.324 e. The van der Waals surface area contributed by atoms with Crippen LogP contribution in [0.4, 0.5) is 5.69 Å². The number of pyridine rings is 1. The molecule has 1 amide bonds. The highest BCUT2D eigenvalue weighted by Gasteiger charge is 2.06. The molecule has 9 nitrogen and oxygen atoms in total. The summed E-state index contributed by atoms with van der Waals surface area (Å²) in [5.41, 5.74) is 2.36. The SMILES string of the molecule is O=C(Cc1ccc(-n2cnnn2)cc1)Nc1ccc(-n2cccn2)nc1. The zero-order chi connectivity index (χ0) is 17.8. The average molecular weight is 346 g/mol. The Kier molecular flexibility index (Phi) is 4.17. The number of tetrazole rings is 1. The molecule has 0 bridgehead atoms. The highest BCUT2D eigenvalue weighted by molar-refractivity contribution is 5.92. The van der Waals surface area contributed by atoms with Crippen LogP contribution in [0.25, 0.3) is 11.5 Å². The Hall–Kier alpha value is -3.88. The third kappa shape index (κ3) is 3.46. The summed E-state index contributed by atoms with van der Waals surface area (Å²) in [5.74, 6) is 0.569. The Morgan fingerprint density at radius 3 is 2.62 bits per heavy atom. The lowest BCUT2D eigenvalue weighted by Crippen LogP contribution is -2.14. The number of hydrogen-bond acceptors (Lipinski definition) is 6. The van der Waals surface area contributed by atoms with Crippen LogP contribution in [0.1, 0.15) is 5.56 Å². The molecule has 128 valence electrons. The summed E-state index contributed by atoms with van der Waals surface area (Å²) in [6, 6.07) is 12.9. The number of amides is 1. The molecular formula is C17H14N8O. The van der Waals surface area contributed by atoms with Crippen molar-refractivity contribution in [3.8, 4) is 11.5 Å². The molecule has 0 aliphatic rings. The predicted octanol–water partition coefficient (Wildman–Crippen LogP) is 1.42. The molecule has 0 aliphatic heterocycles. The topological polar surface area (TPSA) is 103 Å². The summed E-state index contributed by atoms with van der Waals surface area (Å²) < 4.78 is 3.20. The quantitative estimate of drug-likeness (QED) is 0.586. The standard InChI is InChI=1S/C17H14N8O/c26-17(10-13-2-5-15(6-3-13)25-12-19-22-23-25)21-14-4-7-16(18-11-14)24-9-1-8-20-24/h1-9,11-12H,10H2,(H,21,26). The molecule has 3 aromatic heterocycles. The molecule has 9 heteroatoms. The molecule has 3 heterocycles. The van der Waals surface area contributed by atoms with Gasteiger partial charge in [-0.05, 0) is 46.3 Å². The number of carbonyl (C=O) groups excluding carboxylic acids is 1. The first kappa shape index (κ1) is 15.6. The lowest BCUT2D eigenvalue weighted by molar-refractivity contribution is -0.115. The van der Waals surface area contributed by atoms with E-state index in [1.54, 1.807) is 40.1 Å². The van der Waals surface area contributed by atoms with Crippen LogP contribution in [-0.2, 0) is 11.2 Å². The monoisotopic (exact) mass is 346 g/mol. The molecule has 0 atom stereocenters. The molecule has 26 heavy (non-hydrogen) atoms. The van der Waals surface area contributed by atoms with Gasteiger partial charge in [-0.1, -0.05) is 12.1 Å². The Balaban J connectivity index is 1.38. The van der Waals surface area contributed by atoms with Crippen LogP contribution in [0, 0.1) is 0 Å². The van der Waals surface area contributed by atoms with E-state index in [1.807, 2.05) is 30.3 Å². The molecule has 1 aromatic carbocycles. The number of hydrogen-bond donors (Lipinski definition) is 1. The van der Waals surface area contributed by atoms with Crippen molar-refractivity contribution in [3.63, 3.8) is 0 Å². The Morgan fingerprint density at radius 2 is 1.96 bits per heavy atom. The van der Waals surface area contributed by atoms with Crippen LogP contribution < -0.4 is 5.32 Å². The van der Waals surface area contributed by atoms with Gasteiger partial charge in [-0.3, -0.25) is 4.79 Å². The van der Waals surface area contributed by atoms with Crippen molar-refractivity contribution >= 4 is 11.6 Å². The van der Waals surface area contributed by atoms with Crippen molar-refractivity contribution in [2.24, 2.45) is 0 Å². The lowest BCUT2D eigenvalue weighted by atomic mass is 10.1. The molecule has 0 unspecified atom stereocenters. The number of nitrogens with one attached hydrogen (secondary N) is 1. The van der Waals surface area contributed by atoms with Crippen molar-refractivity contribution in [1.82, 2.24) is 35.0 Å². The zero-order valence-corrected chi connectivity index (χ0v) is 13.6. The molecule has 4 rings (SSSR count). The Labute approximate surface area is 148 Å². The number of aromatic nitrogens is 7. The summed E-state index contributed by atoms with van der Waals surface area (Å²) in [6.07, 6.45) is 6.87. The van der Waals surface area contributed by atoms with Crippen molar-refractivity contribution in [1.29, 1.82) is 0 Å². The van der Waals surface area contributed by atoms with Gasteiger partial charge < -0.3 is 5.32 Å². The molecule has 0 fully saturated rings. The highest BCUT2D eigenvalue weighted by atomic mass is 16.1. The third-order valence-electron chi connectivity index (χ3n) is 3.69. The first-order chi connectivity index (χ1) is 12.8. The summed E-state index contributed by atoms with van der Waals surface area (Å²) in [4.78, 5) is 16.5. The summed E-state index contributed by atoms with van der Waals surface area (Å²) in [6.45, 7) is 0. The van der Waals surface area contributed by atoms with E-state index < -0.39 is 0 Å². The number of rotatable bonds is 5. The molecule has 0 spiro atoms. The predicted molar refractivity (Wildman–Crippen MR) is 92.8 cm³/mol. The van der Waals surface area contributed by atoms with Crippen LogP contribution >= 0.6 is 0 Å². The van der Waals surface area contributed by atoms with Gasteiger partial charge in [-0.25, -0.2) is 14.3 Å². The van der Waals surface area contributed by atoms with Gasteiger partial charge in [0.2, 0.25) is 5.91 Å². The Morgan fingerprint density at radius 1 is 1.08 bits per heavy atom. The fourth-order valence-corrected chi connectivity index (χ4v) is 2.44. The van der Waals surface area contributed by atoms with Crippen molar-refractivity contribution in [2.45, 2.75) is 6.42 Å². The fraction of sp³-hybridized carbons (Fsp3) is 0.0588. The van der Waals surface area contributed by atoms with Gasteiger partial charge in [-0.2, -0.15) is 5.10 Å². The number of anilines is 1. The first-order valence-electron chi connectivity index (χ1n) is 7.86. The smallest absolute Gasteiger partial charge is 0.228 e. The second kappa shape index (κ2) is 6.93. The summed E-state index contributed by atoms with van der Waals surface area (Å²) >= 11 is 0. The van der Waals surface area contributed by atoms with Gasteiger partial charge in [0.15, 0.2) is 5.82 Å². The van der Waals surface area contributed by atoms with Crippen LogP contribution in [0.2, 0.25) is 0 Å². The van der Waals surface area contributed by atoms with Crippen LogP contribution in [0.5, 0.6) is 0 Å². The largest absolute Gasteiger partial charge is 0.324 e. The maximum absolute atomic E-state index is 12.2. The van der Waals surface area contributed by atoms with E-state index in [0.29, 0.717) is 11.5 Å². The van der Waals surface area contributed by atoms with Crippen LogP contribution in [0.3, 0.4) is 0 Å². The van der Waals surface area contributed by atoms with E-state index in [4.69, 9.17) is 0 Å². The van der Waals surface area contributed by atoms with Gasteiger partial charge in [0.25, 0.3) is 0 Å². The molecule has 1 N–H and O–H groups in total. The van der Waals surface area contributed by atoms with E-state index in [1.165, 1.54) is 6.33 Å². The average Bonchev–Trinajstić information content (AvgIpc) is 3.37. The van der Waals surface area contributed by atoms with Gasteiger partial charge in [-0.15, -0.1) is 5.10 Å². The van der Waals surface area contributed by atoms with E-state index in [-0.39, 0.29) is 12.3 Å². The zero-order valence-electron chi connectivity index (χ0n) is 13.6. The second-order valence-electron chi connectivity index (χ2n) is 5.50. The third-order valence-corrected chi connectivity index (χ3v) is 3.69. The fourth-order valence-electron chi connectivity index (χ4n) is 2.44. The Bertz CT molecular complexity index is 895. The second-order valence-corrected chi connectivity index (χ2v) is 5.50. The number of nitrogens with zero attached hydrogens (tertiary/aromatic N) is 7. The van der Waals surface area contributed by atoms with Crippen molar-refractivity contribution in [3.05, 3.63) is 72.9 Å². The van der Waals surface area contributed by atoms with E-state index in [0.717, 1.165) is 11.3 Å². The number of carbonyl (C=O) groups is 1. The maximum Gasteiger partial charge on any atom is 0.228 e. The highest BCUT2D eigenvalue weighted by Crippen LogP contribution is 2.11. The van der Waals surface area contributed by atoms with Crippen molar-refractivity contribution in [2.75, 3.05) is 5.32 Å². The van der Waals surface area contributed by atoms with Crippen molar-refractivity contribution < 1.29 is 4.79 Å². The van der Waals surface area contributed by atoms with Gasteiger partial charge in [0.05, 0.1) is 24.0 Å².